The van der Waals surface area contributed by atoms with Gasteiger partial charge < -0.3 is 27.1 Å². The van der Waals surface area contributed by atoms with Crippen LogP contribution >= 0.6 is 0 Å². The second kappa shape index (κ2) is 8.79. The highest BCUT2D eigenvalue weighted by Crippen LogP contribution is 2.45. The topological polar surface area (TPSA) is 155 Å². The third-order valence-corrected chi connectivity index (χ3v) is 5.79. The van der Waals surface area contributed by atoms with E-state index in [1.165, 1.54) is 11.6 Å². The van der Waals surface area contributed by atoms with E-state index in [1.54, 1.807) is 24.3 Å². The molecular formula is C21H24F3N8O+. The molecule has 33 heavy (non-hydrogen) atoms. The molecule has 2 aliphatic rings. The molecule has 4 rings (SSSR count). The molecule has 1 aromatic carbocycles. The predicted molar refractivity (Wildman–Crippen MR) is 118 cm³/mol. The number of carbonyl (C=O) groups is 1. The Morgan fingerprint density at radius 3 is 2.82 bits per heavy atom. The summed E-state index contributed by atoms with van der Waals surface area (Å²) in [6.07, 6.45) is 2.96. The number of nitrogens with one attached hydrogen (secondary N) is 4. The first-order valence-corrected chi connectivity index (χ1v) is 10.4. The van der Waals surface area contributed by atoms with Gasteiger partial charge in [-0.15, -0.1) is 0 Å². The number of nitrogens with zero attached hydrogens (tertiary/aromatic N) is 2. The minimum Gasteiger partial charge on any atom is -0.365 e. The highest BCUT2D eigenvalue weighted by atomic mass is 19.3. The number of primary amides is 1. The van der Waals surface area contributed by atoms with Gasteiger partial charge in [0.25, 0.3) is 11.8 Å². The number of amides is 1. The summed E-state index contributed by atoms with van der Waals surface area (Å²) in [7, 11) is 0. The number of halogens is 3. The van der Waals surface area contributed by atoms with Crippen molar-refractivity contribution < 1.29 is 23.4 Å². The number of rotatable bonds is 8. The smallest absolute Gasteiger partial charge is 0.269 e. The largest absolute Gasteiger partial charge is 0.365 e. The summed E-state index contributed by atoms with van der Waals surface area (Å²) in [5.41, 5.74) is 7.07. The Balaban J connectivity index is 1.64. The number of hydrogen-bond acceptors (Lipinski definition) is 7. The molecule has 174 valence electrons. The molecule has 1 spiro atoms. The van der Waals surface area contributed by atoms with Crippen molar-refractivity contribution >= 4 is 41.3 Å². The van der Waals surface area contributed by atoms with Crippen LogP contribution in [0.2, 0.25) is 0 Å². The highest BCUT2D eigenvalue weighted by molar-refractivity contribution is 6.14. The van der Waals surface area contributed by atoms with Crippen molar-refractivity contribution in [3.63, 3.8) is 0 Å². The van der Waals surface area contributed by atoms with Crippen molar-refractivity contribution in [2.45, 2.75) is 36.8 Å². The highest BCUT2D eigenvalue weighted by Gasteiger charge is 2.61. The number of benzene rings is 1. The number of alkyl halides is 2. The van der Waals surface area contributed by atoms with Gasteiger partial charge in [0.2, 0.25) is 0 Å². The summed E-state index contributed by atoms with van der Waals surface area (Å²) in [4.78, 5) is 16.0. The predicted octanol–water partition coefficient (Wildman–Crippen LogP) is 1.84. The Kier molecular flexibility index (Phi) is 6.04. The maximum atomic E-state index is 14.8. The van der Waals surface area contributed by atoms with Gasteiger partial charge in [-0.1, -0.05) is 11.2 Å². The monoisotopic (exact) mass is 461 g/mol. The molecule has 1 saturated heterocycles. The molecule has 2 aromatic rings. The van der Waals surface area contributed by atoms with Crippen LogP contribution in [-0.2, 0) is 0 Å². The van der Waals surface area contributed by atoms with E-state index < -0.39 is 29.2 Å². The van der Waals surface area contributed by atoms with E-state index >= 15 is 0 Å². The Labute approximate surface area is 187 Å². The molecule has 1 aliphatic carbocycles. The van der Waals surface area contributed by atoms with Gasteiger partial charge in [-0.25, -0.2) is 18.2 Å². The first kappa shape index (κ1) is 22.7. The van der Waals surface area contributed by atoms with Crippen LogP contribution in [0, 0.1) is 11.2 Å². The van der Waals surface area contributed by atoms with Crippen LogP contribution in [0.25, 0.3) is 0 Å². The summed E-state index contributed by atoms with van der Waals surface area (Å²) in [5.74, 6) is -5.37. The number of aromatic nitrogens is 1. The zero-order valence-electron chi connectivity index (χ0n) is 17.5. The number of pyridine rings is 1. The van der Waals surface area contributed by atoms with Crippen LogP contribution in [-0.4, -0.2) is 47.4 Å². The van der Waals surface area contributed by atoms with Gasteiger partial charge in [0.05, 0.1) is 11.1 Å². The molecule has 1 aromatic heterocycles. The van der Waals surface area contributed by atoms with Gasteiger partial charge in [0, 0.05) is 37.0 Å². The van der Waals surface area contributed by atoms with E-state index in [0.29, 0.717) is 30.8 Å². The van der Waals surface area contributed by atoms with E-state index in [2.05, 4.69) is 26.0 Å². The lowest BCUT2D eigenvalue weighted by molar-refractivity contribution is -0.576. The van der Waals surface area contributed by atoms with Gasteiger partial charge in [-0.05, 0) is 25.0 Å². The summed E-state index contributed by atoms with van der Waals surface area (Å²) < 4.78 is 44.1. The zero-order valence-corrected chi connectivity index (χ0v) is 17.5. The Morgan fingerprint density at radius 1 is 1.33 bits per heavy atom. The van der Waals surface area contributed by atoms with E-state index in [-0.39, 0.29) is 23.6 Å². The number of anilines is 3. The van der Waals surface area contributed by atoms with E-state index in [0.717, 1.165) is 12.3 Å². The molecule has 1 saturated carbocycles. The molecular weight excluding hydrogens is 437 g/mol. The van der Waals surface area contributed by atoms with Crippen LogP contribution < -0.4 is 27.1 Å². The van der Waals surface area contributed by atoms with Crippen LogP contribution in [0.5, 0.6) is 0 Å². The van der Waals surface area contributed by atoms with Gasteiger partial charge in [-0.3, -0.25) is 4.79 Å². The van der Waals surface area contributed by atoms with E-state index in [1.807, 2.05) is 0 Å². The molecule has 2 heterocycles. The summed E-state index contributed by atoms with van der Waals surface area (Å²) in [6.45, 7) is 0.413. The molecule has 0 bridgehead atoms. The average Bonchev–Trinajstić information content (AvgIpc) is 3.53. The van der Waals surface area contributed by atoms with Crippen molar-refractivity contribution in [3.8, 4) is 0 Å². The van der Waals surface area contributed by atoms with Crippen LogP contribution in [0.1, 0.15) is 29.6 Å². The lowest BCUT2D eigenvalue weighted by atomic mass is 9.81. The van der Waals surface area contributed by atoms with Gasteiger partial charge >= 0.3 is 0 Å². The van der Waals surface area contributed by atoms with E-state index in [9.17, 15) is 18.0 Å². The fraction of sp³-hybridized carbons (Fsp3) is 0.333. The Bertz CT molecular complexity index is 1100. The van der Waals surface area contributed by atoms with Crippen LogP contribution in [0.15, 0.2) is 35.4 Å². The molecule has 2 unspecified atom stereocenters. The summed E-state index contributed by atoms with van der Waals surface area (Å²) in [6, 6.07) is 6.39. The van der Waals surface area contributed by atoms with Crippen LogP contribution in [0.4, 0.5) is 36.2 Å². The summed E-state index contributed by atoms with van der Waals surface area (Å²) in [5, 5.41) is 19.4. The normalized spacial score (nSPS) is 23.4. The first-order chi connectivity index (χ1) is 15.7. The maximum absolute atomic E-state index is 14.8. The lowest BCUT2D eigenvalue weighted by Crippen LogP contribution is -2.71. The standard InChI is InChI=1S/C21H23F3N8O/c22-15-10-14(16(26)33)17(29-12-3-1-4-13(9-12)32-28-8-7-25)30-18(15)31-19-20(11-27-20)5-2-6-21(19,23)24/h1,3-4,7-10,19,25,27,32H,2,5-6,11H2,(H2,26,33)(H2,29,30,31)/p+1. The Morgan fingerprint density at radius 2 is 2.12 bits per heavy atom. The molecule has 9 nitrogen and oxygen atoms in total. The van der Waals surface area contributed by atoms with E-state index in [4.69, 9.17) is 11.1 Å². The second-order valence-corrected chi connectivity index (χ2v) is 8.13. The fourth-order valence-corrected chi connectivity index (χ4v) is 4.09. The molecule has 8 N–H and O–H groups in total. The third-order valence-electron chi connectivity index (χ3n) is 5.79. The molecule has 2 atom stereocenters. The van der Waals surface area contributed by atoms with Gasteiger partial charge in [-0.2, -0.15) is 5.43 Å². The fourth-order valence-electron chi connectivity index (χ4n) is 4.09. The van der Waals surface area contributed by atoms with Crippen molar-refractivity contribution in [2.24, 2.45) is 10.8 Å². The zero-order chi connectivity index (χ0) is 23.6. The quantitative estimate of drug-likeness (QED) is 0.116. The van der Waals surface area contributed by atoms with Gasteiger partial charge in [0.1, 0.15) is 18.1 Å². The summed E-state index contributed by atoms with van der Waals surface area (Å²) >= 11 is 0. The first-order valence-electron chi connectivity index (χ1n) is 10.4. The van der Waals surface area contributed by atoms with Crippen molar-refractivity contribution in [3.05, 3.63) is 41.7 Å². The average molecular weight is 461 g/mol. The molecule has 0 radical (unpaired) electrons. The number of quaternary nitrogens is 1. The van der Waals surface area contributed by atoms with Gasteiger partial charge in [0.15, 0.2) is 17.3 Å². The van der Waals surface area contributed by atoms with Crippen molar-refractivity contribution in [1.82, 2.24) is 10.3 Å². The lowest BCUT2D eigenvalue weighted by Gasteiger charge is -2.38. The molecule has 1 amide bonds. The van der Waals surface area contributed by atoms with Crippen molar-refractivity contribution in [1.29, 1.82) is 5.41 Å². The molecule has 2 fully saturated rings. The number of nitrogens with two attached hydrogens (primary N) is 2. The SMILES string of the molecule is N=CC=N[NH2+]c1cccc(Nc2nc(NC3C(F)(F)CCCC34CN4)c(F)cc2C(N)=O)c1. The molecule has 12 heteroatoms. The number of carbonyl (C=O) groups excluding carboxylic acids is 1. The maximum Gasteiger partial charge on any atom is 0.269 e. The Hall–Kier alpha value is -3.51. The minimum atomic E-state index is -3.05. The number of hydrogen-bond donors (Lipinski definition) is 6. The second-order valence-electron chi connectivity index (χ2n) is 8.13. The van der Waals surface area contributed by atoms with Crippen molar-refractivity contribution in [2.75, 3.05) is 17.2 Å². The minimum absolute atomic E-state index is 0.0662. The third kappa shape index (κ3) is 4.81. The molecule has 1 aliphatic heterocycles. The van der Waals surface area contributed by atoms with Crippen LogP contribution in [0.3, 0.4) is 0 Å².